The van der Waals surface area contributed by atoms with E-state index in [4.69, 9.17) is 9.47 Å². The first-order valence-electron chi connectivity index (χ1n) is 11.4. The van der Waals surface area contributed by atoms with Crippen molar-refractivity contribution in [3.05, 3.63) is 84.2 Å². The third-order valence-electron chi connectivity index (χ3n) is 6.18. The van der Waals surface area contributed by atoms with E-state index in [1.807, 2.05) is 24.3 Å². The second-order valence-corrected chi connectivity index (χ2v) is 8.67. The molecule has 0 unspecified atom stereocenters. The molecule has 1 aliphatic carbocycles. The number of amides is 1. The summed E-state index contributed by atoms with van der Waals surface area (Å²) in [7, 11) is 0. The van der Waals surface area contributed by atoms with Crippen LogP contribution in [-0.2, 0) is 16.1 Å². The highest BCUT2D eigenvalue weighted by Crippen LogP contribution is 2.41. The minimum absolute atomic E-state index is 0.174. The normalized spacial score (nSPS) is 17.4. The molecule has 1 saturated heterocycles. The van der Waals surface area contributed by atoms with Crippen molar-refractivity contribution in [3.63, 3.8) is 0 Å². The summed E-state index contributed by atoms with van der Waals surface area (Å²) < 4.78 is 24.4. The molecule has 3 aromatic rings. The number of carbonyl (C=O) groups is 1. The smallest absolute Gasteiger partial charge is 0.268 e. The van der Waals surface area contributed by atoms with Gasteiger partial charge in [-0.25, -0.2) is 4.39 Å². The number of nitrogens with one attached hydrogen (secondary N) is 1. The fraction of sp³-hybridized carbons (Fsp3) is 0.296. The first-order chi connectivity index (χ1) is 16.1. The maximum absolute atomic E-state index is 13.1. The number of halogens is 1. The molecule has 1 heterocycles. The molecule has 6 heteroatoms. The molecule has 0 aromatic heterocycles. The van der Waals surface area contributed by atoms with E-state index in [2.05, 4.69) is 34.5 Å². The molecule has 3 aromatic carbocycles. The summed E-state index contributed by atoms with van der Waals surface area (Å²) in [6, 6.07) is 22.2. The first kappa shape index (κ1) is 21.6. The number of benzene rings is 3. The predicted octanol–water partition coefficient (Wildman–Crippen LogP) is 4.88. The number of hydrogen-bond acceptors (Lipinski definition) is 4. The quantitative estimate of drug-likeness (QED) is 0.562. The monoisotopic (exact) mass is 446 g/mol. The van der Waals surface area contributed by atoms with Crippen molar-refractivity contribution < 1.29 is 18.7 Å². The van der Waals surface area contributed by atoms with Crippen LogP contribution in [0.5, 0.6) is 5.75 Å². The number of hydrogen-bond donors (Lipinski definition) is 1. The minimum atomic E-state index is -0.868. The Morgan fingerprint density at radius 3 is 2.12 bits per heavy atom. The number of rotatable bonds is 7. The Hall–Kier alpha value is -3.22. The maximum Gasteiger partial charge on any atom is 0.268 e. The zero-order chi connectivity index (χ0) is 22.7. The summed E-state index contributed by atoms with van der Waals surface area (Å²) in [5, 5.41) is 2.96. The van der Waals surface area contributed by atoms with Crippen LogP contribution in [-0.4, -0.2) is 42.7 Å². The fourth-order valence-corrected chi connectivity index (χ4v) is 4.03. The Morgan fingerprint density at radius 2 is 1.52 bits per heavy atom. The van der Waals surface area contributed by atoms with Gasteiger partial charge < -0.3 is 14.8 Å². The van der Waals surface area contributed by atoms with Crippen LogP contribution < -0.4 is 10.1 Å². The lowest BCUT2D eigenvalue weighted by Gasteiger charge is -2.26. The van der Waals surface area contributed by atoms with Crippen LogP contribution >= 0.6 is 0 Å². The number of morpholine rings is 1. The third kappa shape index (κ3) is 5.24. The van der Waals surface area contributed by atoms with Crippen molar-refractivity contribution >= 4 is 11.6 Å². The highest BCUT2D eigenvalue weighted by Gasteiger charge is 2.53. The Morgan fingerprint density at radius 1 is 0.909 bits per heavy atom. The zero-order valence-electron chi connectivity index (χ0n) is 18.4. The van der Waals surface area contributed by atoms with E-state index in [-0.39, 0.29) is 11.7 Å². The molecule has 1 saturated carbocycles. The Kier molecular flexibility index (Phi) is 6.11. The van der Waals surface area contributed by atoms with Crippen molar-refractivity contribution in [1.29, 1.82) is 0 Å². The summed E-state index contributed by atoms with van der Waals surface area (Å²) in [4.78, 5) is 15.2. The molecule has 0 bridgehead atoms. The largest absolute Gasteiger partial charge is 0.477 e. The molecule has 5 nitrogen and oxygen atoms in total. The molecule has 1 amide bonds. The van der Waals surface area contributed by atoms with E-state index in [0.29, 0.717) is 18.6 Å². The van der Waals surface area contributed by atoms with Crippen molar-refractivity contribution in [2.75, 3.05) is 31.6 Å². The molecule has 2 aliphatic rings. The Bertz CT molecular complexity index is 1090. The molecule has 5 rings (SSSR count). The van der Waals surface area contributed by atoms with Crippen molar-refractivity contribution in [2.45, 2.75) is 25.0 Å². The van der Waals surface area contributed by atoms with Gasteiger partial charge in [0.15, 0.2) is 5.60 Å². The topological polar surface area (TPSA) is 50.8 Å². The summed E-state index contributed by atoms with van der Waals surface area (Å²) in [6.45, 7) is 4.51. The van der Waals surface area contributed by atoms with E-state index in [1.54, 1.807) is 12.1 Å². The standard InChI is InChI=1S/C27H27FN2O3/c28-23-7-11-25(12-8-23)33-27(13-14-27)26(31)29-24-9-5-22(6-10-24)21-3-1-20(2-4-21)19-30-15-17-32-18-16-30/h1-12H,13-19H2,(H,29,31). The van der Waals surface area contributed by atoms with Gasteiger partial charge >= 0.3 is 0 Å². The van der Waals surface area contributed by atoms with Crippen molar-refractivity contribution in [3.8, 4) is 16.9 Å². The van der Waals surface area contributed by atoms with Crippen LogP contribution in [0.25, 0.3) is 11.1 Å². The SMILES string of the molecule is O=C(Nc1ccc(-c2ccc(CN3CCOCC3)cc2)cc1)C1(Oc2ccc(F)cc2)CC1. The molecular formula is C27H27FN2O3. The van der Waals surface area contributed by atoms with Gasteiger partial charge in [-0.05, 0) is 53.1 Å². The molecular weight excluding hydrogens is 419 g/mol. The molecule has 0 spiro atoms. The number of ether oxygens (including phenoxy) is 2. The van der Waals surface area contributed by atoms with E-state index in [9.17, 15) is 9.18 Å². The van der Waals surface area contributed by atoms with E-state index in [1.165, 1.54) is 17.7 Å². The molecule has 33 heavy (non-hydrogen) atoms. The van der Waals surface area contributed by atoms with Gasteiger partial charge in [0.1, 0.15) is 11.6 Å². The minimum Gasteiger partial charge on any atom is -0.477 e. The van der Waals surface area contributed by atoms with Gasteiger partial charge in [0.05, 0.1) is 13.2 Å². The molecule has 1 N–H and O–H groups in total. The lowest BCUT2D eigenvalue weighted by atomic mass is 10.0. The molecule has 2 fully saturated rings. The fourth-order valence-electron chi connectivity index (χ4n) is 4.03. The highest BCUT2D eigenvalue weighted by atomic mass is 19.1. The summed E-state index contributed by atoms with van der Waals surface area (Å²) >= 11 is 0. The van der Waals surface area contributed by atoms with Crippen LogP contribution in [0.4, 0.5) is 10.1 Å². The number of nitrogens with zero attached hydrogens (tertiary/aromatic N) is 1. The van der Waals surface area contributed by atoms with Crippen LogP contribution in [0, 0.1) is 5.82 Å². The maximum atomic E-state index is 13.1. The van der Waals surface area contributed by atoms with Gasteiger partial charge in [-0.3, -0.25) is 9.69 Å². The van der Waals surface area contributed by atoms with Gasteiger partial charge in [-0.1, -0.05) is 36.4 Å². The second kappa shape index (κ2) is 9.33. The van der Waals surface area contributed by atoms with Gasteiger partial charge in [-0.15, -0.1) is 0 Å². The average Bonchev–Trinajstić information content (AvgIpc) is 3.63. The van der Waals surface area contributed by atoms with Crippen LogP contribution in [0.1, 0.15) is 18.4 Å². The predicted molar refractivity (Wildman–Crippen MR) is 126 cm³/mol. The zero-order valence-corrected chi connectivity index (χ0v) is 18.4. The Balaban J connectivity index is 1.19. The highest BCUT2D eigenvalue weighted by molar-refractivity contribution is 5.99. The lowest BCUT2D eigenvalue weighted by molar-refractivity contribution is -0.124. The summed E-state index contributed by atoms with van der Waals surface area (Å²) in [5.41, 5.74) is 3.38. The Labute approximate surface area is 193 Å². The number of anilines is 1. The van der Waals surface area contributed by atoms with Crippen molar-refractivity contribution in [1.82, 2.24) is 4.90 Å². The van der Waals surface area contributed by atoms with Gasteiger partial charge in [0, 0.05) is 38.2 Å². The molecule has 0 atom stereocenters. The molecule has 170 valence electrons. The summed E-state index contributed by atoms with van der Waals surface area (Å²) in [6.07, 6.45) is 1.29. The average molecular weight is 447 g/mol. The number of carbonyl (C=O) groups excluding carboxylic acids is 1. The van der Waals surface area contributed by atoms with E-state index < -0.39 is 5.60 Å². The van der Waals surface area contributed by atoms with Crippen LogP contribution in [0.3, 0.4) is 0 Å². The second-order valence-electron chi connectivity index (χ2n) is 8.67. The first-order valence-corrected chi connectivity index (χ1v) is 11.4. The third-order valence-corrected chi connectivity index (χ3v) is 6.18. The van der Waals surface area contributed by atoms with Gasteiger partial charge in [0.2, 0.25) is 0 Å². The van der Waals surface area contributed by atoms with Gasteiger partial charge in [0.25, 0.3) is 5.91 Å². The van der Waals surface area contributed by atoms with Crippen molar-refractivity contribution in [2.24, 2.45) is 0 Å². The van der Waals surface area contributed by atoms with E-state index >= 15 is 0 Å². The summed E-state index contributed by atoms with van der Waals surface area (Å²) in [5.74, 6) is -0.00742. The molecule has 0 radical (unpaired) electrons. The van der Waals surface area contributed by atoms with Gasteiger partial charge in [-0.2, -0.15) is 0 Å². The molecule has 1 aliphatic heterocycles. The van der Waals surface area contributed by atoms with Crippen LogP contribution in [0.2, 0.25) is 0 Å². The lowest BCUT2D eigenvalue weighted by Crippen LogP contribution is -2.35. The van der Waals surface area contributed by atoms with E-state index in [0.717, 1.165) is 49.7 Å². The van der Waals surface area contributed by atoms with Crippen LogP contribution in [0.15, 0.2) is 72.8 Å².